The van der Waals surface area contributed by atoms with Gasteiger partial charge in [-0.2, -0.15) is 0 Å². The number of aryl methyl sites for hydroxylation is 1. The third-order valence-corrected chi connectivity index (χ3v) is 7.77. The Balaban J connectivity index is 1.76. The Morgan fingerprint density at radius 2 is 1.84 bits per heavy atom. The highest BCUT2D eigenvalue weighted by atomic mass is 35.5. The second kappa shape index (κ2) is 10.5. The Morgan fingerprint density at radius 1 is 1.16 bits per heavy atom. The van der Waals surface area contributed by atoms with E-state index in [2.05, 4.69) is 31.0 Å². The van der Waals surface area contributed by atoms with E-state index in [-0.39, 0.29) is 35.6 Å². The van der Waals surface area contributed by atoms with E-state index < -0.39 is 5.54 Å². The number of fused-ring (bicyclic) bond motifs is 1. The Labute approximate surface area is 224 Å². The molecule has 0 spiro atoms. The van der Waals surface area contributed by atoms with E-state index in [1.165, 1.54) is 0 Å². The number of hydrogen-bond acceptors (Lipinski definition) is 4. The van der Waals surface area contributed by atoms with Crippen molar-refractivity contribution in [2.24, 2.45) is 17.1 Å². The summed E-state index contributed by atoms with van der Waals surface area (Å²) < 4.78 is 0. The SMILES string of the molecule is Cc1ccccc1CC1(N(CC(=O)N2CCC(C(N)=O)CC2)CC(C)(C)C)C(=O)Nc2cc(Cl)ccc21. The average molecular weight is 525 g/mol. The first-order chi connectivity index (χ1) is 17.4. The van der Waals surface area contributed by atoms with Crippen LogP contribution in [0.1, 0.15) is 50.3 Å². The van der Waals surface area contributed by atoms with Gasteiger partial charge in [0.25, 0.3) is 0 Å². The third kappa shape index (κ3) is 5.68. The molecule has 0 bridgehead atoms. The van der Waals surface area contributed by atoms with E-state index in [9.17, 15) is 14.4 Å². The van der Waals surface area contributed by atoms with Gasteiger partial charge in [-0.25, -0.2) is 0 Å². The number of piperidine rings is 1. The van der Waals surface area contributed by atoms with Gasteiger partial charge in [0, 0.05) is 48.2 Å². The summed E-state index contributed by atoms with van der Waals surface area (Å²) in [6, 6.07) is 13.5. The molecule has 7 nitrogen and oxygen atoms in total. The Morgan fingerprint density at radius 3 is 2.46 bits per heavy atom. The van der Waals surface area contributed by atoms with Crippen LogP contribution in [0.15, 0.2) is 42.5 Å². The van der Waals surface area contributed by atoms with Gasteiger partial charge in [-0.05, 0) is 48.4 Å². The lowest BCUT2D eigenvalue weighted by Gasteiger charge is -2.44. The zero-order valence-corrected chi connectivity index (χ0v) is 22.9. The molecule has 2 aromatic rings. The number of hydrogen-bond donors (Lipinski definition) is 2. The number of carbonyl (C=O) groups is 3. The van der Waals surface area contributed by atoms with Gasteiger partial charge in [0.15, 0.2) is 0 Å². The predicted octanol–water partition coefficient (Wildman–Crippen LogP) is 4.11. The lowest BCUT2D eigenvalue weighted by molar-refractivity contribution is -0.141. The summed E-state index contributed by atoms with van der Waals surface area (Å²) in [5, 5.41) is 3.61. The van der Waals surface area contributed by atoms with Crippen LogP contribution in [0, 0.1) is 18.3 Å². The molecule has 8 heteroatoms. The molecule has 0 saturated carbocycles. The molecule has 2 aliphatic rings. The first kappa shape index (κ1) is 27.1. The number of rotatable bonds is 7. The number of anilines is 1. The zero-order valence-electron chi connectivity index (χ0n) is 22.1. The fourth-order valence-electron chi connectivity index (χ4n) is 5.59. The van der Waals surface area contributed by atoms with Crippen LogP contribution in [0.25, 0.3) is 0 Å². The van der Waals surface area contributed by atoms with Crippen molar-refractivity contribution in [3.63, 3.8) is 0 Å². The smallest absolute Gasteiger partial charge is 0.249 e. The second-order valence-electron chi connectivity index (χ2n) is 11.6. The number of halogens is 1. The van der Waals surface area contributed by atoms with E-state index in [0.29, 0.717) is 49.6 Å². The molecular formula is C29H37ClN4O3. The van der Waals surface area contributed by atoms with Crippen LogP contribution in [-0.4, -0.2) is 53.7 Å². The molecule has 3 amide bonds. The molecule has 1 atom stereocenters. The number of likely N-dealkylation sites (tertiary alicyclic amines) is 1. The normalized spacial score (nSPS) is 20.2. The van der Waals surface area contributed by atoms with E-state index in [4.69, 9.17) is 17.3 Å². The van der Waals surface area contributed by atoms with E-state index >= 15 is 0 Å². The van der Waals surface area contributed by atoms with Gasteiger partial charge < -0.3 is 16.0 Å². The first-order valence-electron chi connectivity index (χ1n) is 12.9. The summed E-state index contributed by atoms with van der Waals surface area (Å²) >= 11 is 6.30. The van der Waals surface area contributed by atoms with Gasteiger partial charge in [0.1, 0.15) is 5.54 Å². The Kier molecular flexibility index (Phi) is 7.67. The van der Waals surface area contributed by atoms with Crippen molar-refractivity contribution in [3.8, 4) is 0 Å². The molecule has 2 aromatic carbocycles. The summed E-state index contributed by atoms with van der Waals surface area (Å²) in [7, 11) is 0. The molecule has 1 fully saturated rings. The Hall–Kier alpha value is -2.90. The van der Waals surface area contributed by atoms with Crippen molar-refractivity contribution in [2.75, 3.05) is 31.5 Å². The van der Waals surface area contributed by atoms with Crippen LogP contribution >= 0.6 is 11.6 Å². The van der Waals surface area contributed by atoms with Crippen LogP contribution in [0.2, 0.25) is 5.02 Å². The number of nitrogens with one attached hydrogen (secondary N) is 1. The minimum absolute atomic E-state index is 0.0495. The number of benzene rings is 2. The third-order valence-electron chi connectivity index (χ3n) is 7.54. The minimum Gasteiger partial charge on any atom is -0.369 e. The summed E-state index contributed by atoms with van der Waals surface area (Å²) in [5.41, 5.74) is 7.87. The minimum atomic E-state index is -1.08. The van der Waals surface area contributed by atoms with Gasteiger partial charge in [-0.15, -0.1) is 0 Å². The van der Waals surface area contributed by atoms with Crippen molar-refractivity contribution in [1.29, 1.82) is 0 Å². The zero-order chi connectivity index (χ0) is 27.0. The molecule has 0 aromatic heterocycles. The van der Waals surface area contributed by atoms with Crippen molar-refractivity contribution in [3.05, 3.63) is 64.2 Å². The quantitative estimate of drug-likeness (QED) is 0.569. The van der Waals surface area contributed by atoms with Crippen molar-refractivity contribution in [2.45, 2.75) is 52.5 Å². The predicted molar refractivity (Wildman–Crippen MR) is 146 cm³/mol. The highest BCUT2D eigenvalue weighted by Gasteiger charge is 2.52. The maximum absolute atomic E-state index is 14.0. The fraction of sp³-hybridized carbons (Fsp3) is 0.483. The van der Waals surface area contributed by atoms with Crippen molar-refractivity contribution >= 4 is 35.0 Å². The van der Waals surface area contributed by atoms with Gasteiger partial charge in [-0.3, -0.25) is 19.3 Å². The topological polar surface area (TPSA) is 95.7 Å². The van der Waals surface area contributed by atoms with E-state index in [0.717, 1.165) is 16.7 Å². The van der Waals surface area contributed by atoms with Crippen LogP contribution in [0.5, 0.6) is 0 Å². The van der Waals surface area contributed by atoms with Crippen LogP contribution in [-0.2, 0) is 26.3 Å². The number of carbonyl (C=O) groups excluding carboxylic acids is 3. The number of nitrogens with two attached hydrogens (primary N) is 1. The lowest BCUT2D eigenvalue weighted by atomic mass is 9.80. The number of nitrogens with zero attached hydrogens (tertiary/aromatic N) is 2. The summed E-state index contributed by atoms with van der Waals surface area (Å²) in [6.45, 7) is 9.95. The maximum atomic E-state index is 14.0. The monoisotopic (exact) mass is 524 g/mol. The standard InChI is InChI=1S/C29H37ClN4O3/c1-19-7-5-6-8-21(19)16-29(23-10-9-22(30)15-24(23)32-27(29)37)34(18-28(2,3)4)17-25(35)33-13-11-20(12-14-33)26(31)36/h5-10,15,20H,11-14,16-18H2,1-4H3,(H2,31,36)(H,32,37). The summed E-state index contributed by atoms with van der Waals surface area (Å²) in [5.74, 6) is -0.708. The highest BCUT2D eigenvalue weighted by Crippen LogP contribution is 2.45. The fourth-order valence-corrected chi connectivity index (χ4v) is 5.76. The molecule has 198 valence electrons. The number of primary amides is 1. The molecule has 1 unspecified atom stereocenters. The van der Waals surface area contributed by atoms with Gasteiger partial charge in [-0.1, -0.05) is 62.7 Å². The molecule has 2 heterocycles. The van der Waals surface area contributed by atoms with Gasteiger partial charge >= 0.3 is 0 Å². The molecule has 0 radical (unpaired) electrons. The van der Waals surface area contributed by atoms with Crippen LogP contribution in [0.3, 0.4) is 0 Å². The van der Waals surface area contributed by atoms with Gasteiger partial charge in [0.2, 0.25) is 17.7 Å². The second-order valence-corrected chi connectivity index (χ2v) is 12.0. The molecule has 4 rings (SSSR count). The largest absolute Gasteiger partial charge is 0.369 e. The van der Waals surface area contributed by atoms with Crippen molar-refractivity contribution in [1.82, 2.24) is 9.80 Å². The molecule has 3 N–H and O–H groups in total. The van der Waals surface area contributed by atoms with Crippen LogP contribution < -0.4 is 11.1 Å². The van der Waals surface area contributed by atoms with Crippen molar-refractivity contribution < 1.29 is 14.4 Å². The number of amides is 3. The molecule has 2 aliphatic heterocycles. The van der Waals surface area contributed by atoms with E-state index in [1.807, 2.05) is 37.3 Å². The average Bonchev–Trinajstić information content (AvgIpc) is 3.10. The molecule has 0 aliphatic carbocycles. The van der Waals surface area contributed by atoms with E-state index in [1.54, 1.807) is 17.0 Å². The lowest BCUT2D eigenvalue weighted by Crippen LogP contribution is -2.58. The summed E-state index contributed by atoms with van der Waals surface area (Å²) in [4.78, 5) is 43.2. The summed E-state index contributed by atoms with van der Waals surface area (Å²) in [6.07, 6.45) is 1.56. The Bertz CT molecular complexity index is 1200. The molecule has 1 saturated heterocycles. The first-order valence-corrected chi connectivity index (χ1v) is 13.3. The maximum Gasteiger partial charge on any atom is 0.249 e. The van der Waals surface area contributed by atoms with Crippen LogP contribution in [0.4, 0.5) is 5.69 Å². The molecule has 37 heavy (non-hydrogen) atoms. The molecular weight excluding hydrogens is 488 g/mol. The van der Waals surface area contributed by atoms with Gasteiger partial charge in [0.05, 0.1) is 6.54 Å². The highest BCUT2D eigenvalue weighted by molar-refractivity contribution is 6.31.